The second-order valence-electron chi connectivity index (χ2n) is 5.94. The fourth-order valence-electron chi connectivity index (χ4n) is 2.75. The van der Waals surface area contributed by atoms with Gasteiger partial charge in [0.2, 0.25) is 0 Å². The Morgan fingerprint density at radius 1 is 1.07 bits per heavy atom. The van der Waals surface area contributed by atoms with Crippen LogP contribution in [-0.4, -0.2) is 37.2 Å². The first-order valence-corrected chi connectivity index (χ1v) is 10.1. The van der Waals surface area contributed by atoms with Crippen LogP contribution in [0.25, 0.3) is 6.08 Å². The fourth-order valence-corrected chi connectivity index (χ4v) is 4.24. The Kier molecular flexibility index (Phi) is 6.39. The molecule has 0 atom stereocenters. The number of imide groups is 2. The number of carbonyl (C=O) groups excluding carboxylic acids is 3. The number of halogens is 3. The van der Waals surface area contributed by atoms with E-state index in [9.17, 15) is 19.5 Å². The smallest absolute Gasteiger partial charge is 0.336 e. The molecule has 156 valence electrons. The van der Waals surface area contributed by atoms with E-state index in [1.807, 2.05) is 0 Å². The maximum absolute atomic E-state index is 13.1. The quantitative estimate of drug-likeness (QED) is 0.428. The van der Waals surface area contributed by atoms with Crippen molar-refractivity contribution in [2.45, 2.75) is 0 Å². The molecule has 0 saturated carbocycles. The van der Waals surface area contributed by atoms with E-state index in [0.29, 0.717) is 8.95 Å². The lowest BCUT2D eigenvalue weighted by atomic mass is 10.1. The Labute approximate surface area is 192 Å². The van der Waals surface area contributed by atoms with Crippen molar-refractivity contribution in [1.82, 2.24) is 5.32 Å². The van der Waals surface area contributed by atoms with Gasteiger partial charge in [0.05, 0.1) is 29.4 Å². The molecule has 1 aliphatic heterocycles. The molecular formula is C19H13Br2ClN2O6. The molecule has 0 aliphatic carbocycles. The summed E-state index contributed by atoms with van der Waals surface area (Å²) in [5.41, 5.74) is -0.158. The van der Waals surface area contributed by atoms with E-state index in [-0.39, 0.29) is 39.1 Å². The monoisotopic (exact) mass is 558 g/mol. The van der Waals surface area contributed by atoms with Crippen molar-refractivity contribution >= 4 is 73.1 Å². The van der Waals surface area contributed by atoms with Gasteiger partial charge in [-0.25, -0.2) is 9.69 Å². The van der Waals surface area contributed by atoms with Crippen LogP contribution in [0, 0.1) is 0 Å². The van der Waals surface area contributed by atoms with Crippen LogP contribution >= 0.6 is 43.5 Å². The number of amides is 4. The zero-order chi connectivity index (χ0) is 22.2. The van der Waals surface area contributed by atoms with Crippen LogP contribution in [0.5, 0.6) is 17.2 Å². The SMILES string of the molecule is COc1cc(N2C(=O)NC(=O)/C(=C\c3cc(Br)cc(Br)c3O)C2=O)c(OC)cc1Cl. The van der Waals surface area contributed by atoms with Gasteiger partial charge < -0.3 is 14.6 Å². The van der Waals surface area contributed by atoms with Crippen LogP contribution in [0.2, 0.25) is 5.02 Å². The predicted octanol–water partition coefficient (Wildman–Crippen LogP) is 4.25. The third-order valence-corrected chi connectivity index (χ3v) is 5.51. The molecule has 0 spiro atoms. The summed E-state index contributed by atoms with van der Waals surface area (Å²) < 4.78 is 11.3. The van der Waals surface area contributed by atoms with Crippen molar-refractivity contribution in [1.29, 1.82) is 0 Å². The predicted molar refractivity (Wildman–Crippen MR) is 117 cm³/mol. The first-order valence-electron chi connectivity index (χ1n) is 8.19. The van der Waals surface area contributed by atoms with E-state index in [2.05, 4.69) is 37.2 Å². The van der Waals surface area contributed by atoms with Crippen LogP contribution in [0.15, 0.2) is 38.8 Å². The van der Waals surface area contributed by atoms with Gasteiger partial charge in [-0.05, 0) is 34.1 Å². The average Bonchev–Trinajstić information content (AvgIpc) is 2.69. The lowest BCUT2D eigenvalue weighted by molar-refractivity contribution is -0.122. The van der Waals surface area contributed by atoms with Gasteiger partial charge in [0.1, 0.15) is 22.8 Å². The number of barbiturate groups is 1. The van der Waals surface area contributed by atoms with Crippen LogP contribution in [0.3, 0.4) is 0 Å². The number of benzene rings is 2. The second-order valence-corrected chi connectivity index (χ2v) is 8.12. The average molecular weight is 561 g/mol. The third kappa shape index (κ3) is 4.03. The molecule has 1 aliphatic rings. The van der Waals surface area contributed by atoms with Crippen molar-refractivity contribution in [3.8, 4) is 17.2 Å². The molecule has 0 unspecified atom stereocenters. The van der Waals surface area contributed by atoms with E-state index in [0.717, 1.165) is 4.90 Å². The largest absolute Gasteiger partial charge is 0.506 e. The van der Waals surface area contributed by atoms with Crippen molar-refractivity contribution in [2.75, 3.05) is 19.1 Å². The highest BCUT2D eigenvalue weighted by Gasteiger charge is 2.38. The molecule has 1 heterocycles. The normalized spacial score (nSPS) is 15.4. The summed E-state index contributed by atoms with van der Waals surface area (Å²) in [5, 5.41) is 12.6. The number of anilines is 1. The van der Waals surface area contributed by atoms with Gasteiger partial charge in [-0.3, -0.25) is 14.9 Å². The Hall–Kier alpha value is -2.56. The maximum atomic E-state index is 13.1. The lowest BCUT2D eigenvalue weighted by Gasteiger charge is -2.28. The number of hydrogen-bond donors (Lipinski definition) is 2. The van der Waals surface area contributed by atoms with Gasteiger partial charge in [-0.2, -0.15) is 0 Å². The van der Waals surface area contributed by atoms with E-state index >= 15 is 0 Å². The number of phenols is 1. The van der Waals surface area contributed by atoms with Crippen LogP contribution in [0.1, 0.15) is 5.56 Å². The molecule has 0 bridgehead atoms. The van der Waals surface area contributed by atoms with Crippen molar-refractivity contribution in [2.24, 2.45) is 0 Å². The minimum atomic E-state index is -0.968. The summed E-state index contributed by atoms with van der Waals surface area (Å²) in [7, 11) is 2.71. The second kappa shape index (κ2) is 8.66. The molecule has 11 heteroatoms. The molecule has 2 aromatic carbocycles. The van der Waals surface area contributed by atoms with Gasteiger partial charge in [0.15, 0.2) is 0 Å². The minimum absolute atomic E-state index is 0.0271. The van der Waals surface area contributed by atoms with Crippen LogP contribution in [0.4, 0.5) is 10.5 Å². The summed E-state index contributed by atoms with van der Waals surface area (Å²) in [5.74, 6) is -1.69. The van der Waals surface area contributed by atoms with E-state index < -0.39 is 17.8 Å². The molecule has 1 saturated heterocycles. The van der Waals surface area contributed by atoms with Gasteiger partial charge >= 0.3 is 6.03 Å². The van der Waals surface area contributed by atoms with Crippen molar-refractivity contribution < 1.29 is 29.0 Å². The third-order valence-electron chi connectivity index (χ3n) is 4.15. The van der Waals surface area contributed by atoms with Crippen molar-refractivity contribution in [3.63, 3.8) is 0 Å². The molecule has 2 aromatic rings. The Balaban J connectivity index is 2.15. The summed E-state index contributed by atoms with van der Waals surface area (Å²) in [6, 6.07) is 4.87. The number of nitrogens with one attached hydrogen (secondary N) is 1. The number of nitrogens with zero attached hydrogens (tertiary/aromatic N) is 1. The highest BCUT2D eigenvalue weighted by atomic mass is 79.9. The number of aromatic hydroxyl groups is 1. The number of methoxy groups -OCH3 is 2. The highest BCUT2D eigenvalue weighted by molar-refractivity contribution is 9.11. The van der Waals surface area contributed by atoms with Gasteiger partial charge in [0, 0.05) is 22.2 Å². The zero-order valence-corrected chi connectivity index (χ0v) is 19.4. The Morgan fingerprint density at radius 3 is 2.37 bits per heavy atom. The van der Waals surface area contributed by atoms with E-state index in [4.69, 9.17) is 21.1 Å². The molecule has 0 radical (unpaired) electrons. The summed E-state index contributed by atoms with van der Waals surface area (Å²) >= 11 is 12.6. The Morgan fingerprint density at radius 2 is 1.73 bits per heavy atom. The molecule has 2 N–H and O–H groups in total. The summed E-state index contributed by atoms with van der Waals surface area (Å²) in [6.07, 6.45) is 1.18. The molecular weight excluding hydrogens is 547 g/mol. The molecule has 4 amide bonds. The highest BCUT2D eigenvalue weighted by Crippen LogP contribution is 2.40. The van der Waals surface area contributed by atoms with Crippen LogP contribution < -0.4 is 19.7 Å². The zero-order valence-electron chi connectivity index (χ0n) is 15.5. The molecule has 1 fully saturated rings. The molecule has 0 aromatic heterocycles. The van der Waals surface area contributed by atoms with Gasteiger partial charge in [-0.1, -0.05) is 27.5 Å². The number of hydrogen-bond acceptors (Lipinski definition) is 6. The minimum Gasteiger partial charge on any atom is -0.506 e. The topological polar surface area (TPSA) is 105 Å². The Bertz CT molecular complexity index is 1120. The number of phenolic OH excluding ortho intramolecular Hbond substituents is 1. The first kappa shape index (κ1) is 22.1. The standard InChI is InChI=1S/C19H13Br2ClN2O6/c1-29-14-7-13(15(30-2)6-12(14)22)24-18(27)10(17(26)23-19(24)28)4-8-3-9(20)5-11(21)16(8)25/h3-7,25H,1-2H3,(H,23,26,28)/b10-4+. The van der Waals surface area contributed by atoms with Gasteiger partial charge in [-0.15, -0.1) is 0 Å². The maximum Gasteiger partial charge on any atom is 0.336 e. The summed E-state index contributed by atoms with van der Waals surface area (Å²) in [4.78, 5) is 38.7. The number of ether oxygens (including phenoxy) is 2. The lowest BCUT2D eigenvalue weighted by Crippen LogP contribution is -2.54. The van der Waals surface area contributed by atoms with E-state index in [1.54, 1.807) is 6.07 Å². The number of urea groups is 1. The molecule has 8 nitrogen and oxygen atoms in total. The molecule has 30 heavy (non-hydrogen) atoms. The van der Waals surface area contributed by atoms with E-state index in [1.165, 1.54) is 38.5 Å². The first-order chi connectivity index (χ1) is 14.2. The fraction of sp³-hybridized carbons (Fsp3) is 0.105. The molecule has 3 rings (SSSR count). The van der Waals surface area contributed by atoms with Crippen LogP contribution in [-0.2, 0) is 9.59 Å². The summed E-state index contributed by atoms with van der Waals surface area (Å²) in [6.45, 7) is 0. The number of rotatable bonds is 4. The van der Waals surface area contributed by atoms with Gasteiger partial charge in [0.25, 0.3) is 11.8 Å². The number of carbonyl (C=O) groups is 3. The van der Waals surface area contributed by atoms with Crippen molar-refractivity contribution in [3.05, 3.63) is 49.4 Å².